The van der Waals surface area contributed by atoms with Crippen molar-refractivity contribution in [1.29, 1.82) is 0 Å². The number of anilines is 4. The van der Waals surface area contributed by atoms with Crippen LogP contribution < -0.4 is 35.6 Å². The molecule has 0 aliphatic carbocycles. The molecule has 1 aliphatic rings. The third-order valence-corrected chi connectivity index (χ3v) is 5.50. The van der Waals surface area contributed by atoms with E-state index in [2.05, 4.69) is 42.7 Å². The highest BCUT2D eigenvalue weighted by Crippen LogP contribution is 2.30. The maximum Gasteiger partial charge on any atom is 0.324 e. The zero-order valence-electron chi connectivity index (χ0n) is 19.8. The van der Waals surface area contributed by atoms with Crippen LogP contribution in [0.1, 0.15) is 5.69 Å². The highest BCUT2D eigenvalue weighted by molar-refractivity contribution is 6.00. The second kappa shape index (κ2) is 11.2. The predicted molar refractivity (Wildman–Crippen MR) is 138 cm³/mol. The topological polar surface area (TPSA) is 113 Å². The summed E-state index contributed by atoms with van der Waals surface area (Å²) in [7, 11) is 3.09. The van der Waals surface area contributed by atoms with Crippen molar-refractivity contribution in [2.45, 2.75) is 0 Å². The molecule has 10 nitrogen and oxygen atoms in total. The van der Waals surface area contributed by atoms with Crippen molar-refractivity contribution in [2.24, 2.45) is 0 Å². The zero-order chi connectivity index (χ0) is 24.6. The summed E-state index contributed by atoms with van der Waals surface area (Å²) in [5.41, 5.74) is 3.57. The smallest absolute Gasteiger partial charge is 0.324 e. The number of amides is 2. The van der Waals surface area contributed by atoms with Crippen molar-refractivity contribution < 1.29 is 14.3 Å². The Bertz CT molecular complexity index is 1200. The zero-order valence-corrected chi connectivity index (χ0v) is 19.8. The first-order chi connectivity index (χ1) is 17.1. The summed E-state index contributed by atoms with van der Waals surface area (Å²) in [5.74, 6) is 1.48. The molecule has 3 aromatic rings. The summed E-state index contributed by atoms with van der Waals surface area (Å²) in [5, 5.41) is 12.2. The minimum Gasteiger partial charge on any atom is -0.497 e. The van der Waals surface area contributed by atoms with Gasteiger partial charge in [0.25, 0.3) is 0 Å². The van der Waals surface area contributed by atoms with Crippen LogP contribution in [0.5, 0.6) is 11.5 Å². The van der Waals surface area contributed by atoms with E-state index in [-0.39, 0.29) is 0 Å². The van der Waals surface area contributed by atoms with E-state index < -0.39 is 6.03 Å². The Morgan fingerprint density at radius 3 is 2.63 bits per heavy atom. The minimum atomic E-state index is -0.465. The Labute approximate surface area is 204 Å². The Hall–Kier alpha value is -4.31. The molecule has 1 fully saturated rings. The van der Waals surface area contributed by atoms with Crippen LogP contribution in [0.25, 0.3) is 5.70 Å². The number of carbonyl (C=O) groups is 1. The van der Waals surface area contributed by atoms with Gasteiger partial charge in [0, 0.05) is 38.4 Å². The van der Waals surface area contributed by atoms with Gasteiger partial charge in [-0.05, 0) is 30.3 Å². The number of benzene rings is 1. The number of nitrogens with zero attached hydrogens (tertiary/aromatic N) is 3. The van der Waals surface area contributed by atoms with Gasteiger partial charge in [-0.1, -0.05) is 12.6 Å². The number of hydrogen-bond acceptors (Lipinski definition) is 8. The lowest BCUT2D eigenvalue weighted by Crippen LogP contribution is -2.43. The van der Waals surface area contributed by atoms with E-state index in [4.69, 9.17) is 9.47 Å². The van der Waals surface area contributed by atoms with Gasteiger partial charge < -0.3 is 30.3 Å². The van der Waals surface area contributed by atoms with Gasteiger partial charge in [-0.15, -0.1) is 0 Å². The van der Waals surface area contributed by atoms with Gasteiger partial charge in [-0.3, -0.25) is 10.3 Å². The Balaban J connectivity index is 1.44. The molecule has 1 saturated heterocycles. The summed E-state index contributed by atoms with van der Waals surface area (Å²) in [6.45, 7) is 7.84. The van der Waals surface area contributed by atoms with E-state index in [0.29, 0.717) is 34.4 Å². The lowest BCUT2D eigenvalue weighted by atomic mass is 10.2. The highest BCUT2D eigenvalue weighted by atomic mass is 16.5. The van der Waals surface area contributed by atoms with Gasteiger partial charge in [-0.25, -0.2) is 9.78 Å². The average Bonchev–Trinajstić information content (AvgIpc) is 2.89. The van der Waals surface area contributed by atoms with Crippen LogP contribution in [0.15, 0.2) is 61.4 Å². The fourth-order valence-electron chi connectivity index (χ4n) is 3.75. The third-order valence-electron chi connectivity index (χ3n) is 5.50. The van der Waals surface area contributed by atoms with E-state index >= 15 is 0 Å². The first-order valence-electron chi connectivity index (χ1n) is 11.2. The summed E-state index contributed by atoms with van der Waals surface area (Å²) in [4.78, 5) is 23.7. The maximum atomic E-state index is 12.6. The van der Waals surface area contributed by atoms with Crippen LogP contribution in [-0.2, 0) is 0 Å². The van der Waals surface area contributed by atoms with E-state index in [1.807, 2.05) is 12.1 Å². The Kier molecular flexibility index (Phi) is 7.63. The second-order valence-corrected chi connectivity index (χ2v) is 7.79. The summed E-state index contributed by atoms with van der Waals surface area (Å²) in [6.07, 6.45) is 3.56. The number of pyridine rings is 2. The molecule has 35 heavy (non-hydrogen) atoms. The molecule has 2 amide bonds. The van der Waals surface area contributed by atoms with E-state index in [1.54, 1.807) is 49.8 Å². The van der Waals surface area contributed by atoms with Crippen LogP contribution in [-0.4, -0.2) is 56.4 Å². The van der Waals surface area contributed by atoms with Gasteiger partial charge in [0.05, 0.1) is 48.9 Å². The fourth-order valence-corrected chi connectivity index (χ4v) is 3.75. The first-order valence-corrected chi connectivity index (χ1v) is 11.2. The van der Waals surface area contributed by atoms with Gasteiger partial charge in [0.15, 0.2) is 0 Å². The summed E-state index contributed by atoms with van der Waals surface area (Å²) >= 11 is 0. The Morgan fingerprint density at radius 1 is 1.03 bits per heavy atom. The molecule has 0 spiro atoms. The molecule has 4 rings (SSSR count). The van der Waals surface area contributed by atoms with Gasteiger partial charge in [0.1, 0.15) is 17.3 Å². The molecular formula is C25H29N7O3. The van der Waals surface area contributed by atoms with Crippen LogP contribution >= 0.6 is 0 Å². The number of urea groups is 1. The normalized spacial score (nSPS) is 13.0. The fraction of sp³-hybridized carbons (Fsp3) is 0.240. The van der Waals surface area contributed by atoms with Crippen molar-refractivity contribution >= 4 is 34.6 Å². The number of aromatic nitrogens is 2. The second-order valence-electron chi connectivity index (χ2n) is 7.79. The number of ether oxygens (including phenoxy) is 2. The molecular weight excluding hydrogens is 446 g/mol. The van der Waals surface area contributed by atoms with Gasteiger partial charge >= 0.3 is 6.03 Å². The van der Waals surface area contributed by atoms with Crippen molar-refractivity contribution in [3.63, 3.8) is 0 Å². The van der Waals surface area contributed by atoms with Crippen LogP contribution in [0.4, 0.5) is 27.7 Å². The molecule has 0 atom stereocenters. The van der Waals surface area contributed by atoms with Gasteiger partial charge in [-0.2, -0.15) is 0 Å². The number of rotatable bonds is 8. The molecule has 4 N–H and O–H groups in total. The van der Waals surface area contributed by atoms with Crippen LogP contribution in [0.3, 0.4) is 0 Å². The standard InChI is InChI=1S/C25H29N7O3/c1-17(28-21-16-27-10-9-22(21)32-13-11-26-12-14-32)19-5-4-6-24(29-19)31-25(33)30-20-15-18(34-2)7-8-23(20)35-3/h4-10,15-16,26,28H,1,11-14H2,2-3H3,(H2,29,30,31,33). The van der Waals surface area contributed by atoms with E-state index in [0.717, 1.165) is 37.6 Å². The molecule has 1 aromatic carbocycles. The number of nitrogens with one attached hydrogen (secondary N) is 4. The maximum absolute atomic E-state index is 12.6. The molecule has 0 radical (unpaired) electrons. The molecule has 0 bridgehead atoms. The van der Waals surface area contributed by atoms with Crippen LogP contribution in [0.2, 0.25) is 0 Å². The lowest BCUT2D eigenvalue weighted by molar-refractivity contribution is 0.262. The predicted octanol–water partition coefficient (Wildman–Crippen LogP) is 3.63. The third kappa shape index (κ3) is 5.98. The number of hydrogen-bond donors (Lipinski definition) is 4. The molecule has 3 heterocycles. The average molecular weight is 476 g/mol. The molecule has 0 unspecified atom stereocenters. The summed E-state index contributed by atoms with van der Waals surface area (Å²) in [6, 6.07) is 12.0. The van der Waals surface area contributed by atoms with Crippen molar-refractivity contribution in [3.8, 4) is 11.5 Å². The lowest BCUT2D eigenvalue weighted by Gasteiger charge is -2.31. The Morgan fingerprint density at radius 2 is 1.86 bits per heavy atom. The first kappa shape index (κ1) is 23.8. The largest absolute Gasteiger partial charge is 0.497 e. The highest BCUT2D eigenvalue weighted by Gasteiger charge is 2.16. The quantitative estimate of drug-likeness (QED) is 0.391. The number of carbonyl (C=O) groups excluding carboxylic acids is 1. The molecule has 10 heteroatoms. The van der Waals surface area contributed by atoms with Crippen molar-refractivity contribution in [2.75, 3.05) is 61.2 Å². The van der Waals surface area contributed by atoms with Crippen molar-refractivity contribution in [3.05, 3.63) is 67.1 Å². The summed E-state index contributed by atoms with van der Waals surface area (Å²) < 4.78 is 10.5. The van der Waals surface area contributed by atoms with Crippen LogP contribution in [0, 0.1) is 0 Å². The molecule has 1 aliphatic heterocycles. The molecule has 2 aromatic heterocycles. The molecule has 182 valence electrons. The van der Waals surface area contributed by atoms with E-state index in [1.165, 1.54) is 7.11 Å². The number of methoxy groups -OCH3 is 2. The van der Waals surface area contributed by atoms with Gasteiger partial charge in [0.2, 0.25) is 0 Å². The number of piperazine rings is 1. The minimum absolute atomic E-state index is 0.373. The SMILES string of the molecule is C=C(Nc1cnccc1N1CCNCC1)c1cccc(NC(=O)Nc2cc(OC)ccc2OC)n1. The van der Waals surface area contributed by atoms with E-state index in [9.17, 15) is 4.79 Å². The molecule has 0 saturated carbocycles. The van der Waals surface area contributed by atoms with Crippen molar-refractivity contribution in [1.82, 2.24) is 15.3 Å². The monoisotopic (exact) mass is 475 g/mol.